The van der Waals surface area contributed by atoms with E-state index >= 15 is 0 Å². The maximum atomic E-state index is 14.6. The number of carbonyl (C=O) groups excluding carboxylic acids is 6. The number of nitrogens with zero attached hydrogens (tertiary/aromatic N) is 4. The lowest BCUT2D eigenvalue weighted by atomic mass is 9.91. The van der Waals surface area contributed by atoms with Gasteiger partial charge >= 0.3 is 0 Å². The van der Waals surface area contributed by atoms with E-state index in [-0.39, 0.29) is 85.2 Å². The fourth-order valence-electron chi connectivity index (χ4n) is 5.66. The Morgan fingerprint density at radius 3 is 1.55 bits per heavy atom. The lowest BCUT2D eigenvalue weighted by Gasteiger charge is -2.36. The van der Waals surface area contributed by atoms with E-state index in [0.29, 0.717) is 0 Å². The molecule has 1 aliphatic carbocycles. The molecule has 0 spiro atoms. The average molecular weight is 1520 g/mol. The predicted octanol–water partition coefficient (Wildman–Crippen LogP) is -1.20. The maximum absolute atomic E-state index is 14.6. The monoisotopic (exact) mass is 1520 g/mol. The summed E-state index contributed by atoms with van der Waals surface area (Å²) >= 11 is 11.0. The zero-order chi connectivity index (χ0) is 45.8. The molecule has 26 heteroatoms. The SMILES string of the molecule is CN(CC(O)CO)C(=O)c1c(I)c(NC(=O)CO)c(I)c(C(=O)N(CCO)CCN(CCO)C(=O)C2=C(I)C(C(=O)N(C)CC(O)CO)C(I)C(NC(=O)CO)=C2I)c1I. The first kappa shape index (κ1) is 55.7. The number of aliphatic hydroxyl groups is 8. The molecule has 1 aromatic carbocycles. The Morgan fingerprint density at radius 1 is 0.633 bits per heavy atom. The summed E-state index contributed by atoms with van der Waals surface area (Å²) in [5, 5.41) is 83.1. The van der Waals surface area contributed by atoms with E-state index in [1.165, 1.54) is 28.8 Å². The second-order valence-corrected chi connectivity index (χ2v) is 19.7. The molecule has 0 fully saturated rings. The molecular weight excluding hydrogens is 1480 g/mol. The number of hydrogen-bond donors (Lipinski definition) is 10. The number of alkyl halides is 1. The smallest absolute Gasteiger partial charge is 0.256 e. The van der Waals surface area contributed by atoms with Gasteiger partial charge in [-0.25, -0.2) is 0 Å². The van der Waals surface area contributed by atoms with Crippen LogP contribution in [0.2, 0.25) is 0 Å². The van der Waals surface area contributed by atoms with Crippen molar-refractivity contribution in [3.05, 3.63) is 40.3 Å². The largest absolute Gasteiger partial charge is 0.395 e. The number of carbonyl (C=O) groups is 6. The molecule has 0 saturated carbocycles. The van der Waals surface area contributed by atoms with E-state index in [1.54, 1.807) is 22.6 Å². The summed E-state index contributed by atoms with van der Waals surface area (Å²) < 4.78 is 0.214. The summed E-state index contributed by atoms with van der Waals surface area (Å²) in [7, 11) is 2.76. The third-order valence-corrected chi connectivity index (χ3v) is 15.6. The van der Waals surface area contributed by atoms with Crippen molar-refractivity contribution in [3.8, 4) is 0 Å². The molecule has 60 heavy (non-hydrogen) atoms. The van der Waals surface area contributed by atoms with E-state index in [0.717, 1.165) is 4.90 Å². The highest BCUT2D eigenvalue weighted by molar-refractivity contribution is 14.1. The number of anilines is 1. The molecule has 0 radical (unpaired) electrons. The van der Waals surface area contributed by atoms with Crippen LogP contribution in [0.4, 0.5) is 5.69 Å². The Labute approximate surface area is 426 Å². The second kappa shape index (κ2) is 26.5. The van der Waals surface area contributed by atoms with E-state index in [4.69, 9.17) is 0 Å². The highest BCUT2D eigenvalue weighted by Gasteiger charge is 2.43. The first-order valence-electron chi connectivity index (χ1n) is 17.5. The minimum absolute atomic E-state index is 0.0233. The van der Waals surface area contributed by atoms with Crippen LogP contribution >= 0.6 is 136 Å². The Hall–Kier alpha value is -0.420. The number of likely N-dealkylation sites (N-methyl/N-ethyl adjacent to an activating group) is 2. The summed E-state index contributed by atoms with van der Waals surface area (Å²) in [6.07, 6.45) is -2.54. The number of nitrogens with one attached hydrogen (secondary N) is 2. The van der Waals surface area contributed by atoms with E-state index < -0.39 is 97.1 Å². The molecule has 0 aliphatic heterocycles. The van der Waals surface area contributed by atoms with Crippen LogP contribution in [-0.4, -0.2) is 205 Å². The summed E-state index contributed by atoms with van der Waals surface area (Å²) in [6.45, 7) is -5.77. The van der Waals surface area contributed by atoms with Gasteiger partial charge in [0, 0.05) is 69.8 Å². The van der Waals surface area contributed by atoms with Crippen LogP contribution in [0.15, 0.2) is 18.4 Å². The number of allylic oxidation sites excluding steroid dienone is 1. The number of rotatable bonds is 21. The molecule has 4 atom stereocenters. The molecule has 0 heterocycles. The van der Waals surface area contributed by atoms with Crippen LogP contribution in [-0.2, 0) is 19.2 Å². The molecule has 1 aromatic rings. The number of aliphatic hydroxyl groups excluding tert-OH is 8. The third kappa shape index (κ3) is 14.0. The van der Waals surface area contributed by atoms with Crippen molar-refractivity contribution in [2.75, 3.05) is 98.3 Å². The normalized spacial score (nSPS) is 16.3. The van der Waals surface area contributed by atoms with Gasteiger partial charge in [0.05, 0.1) is 78.0 Å². The van der Waals surface area contributed by atoms with Crippen LogP contribution in [0.3, 0.4) is 0 Å². The number of benzene rings is 1. The summed E-state index contributed by atoms with van der Waals surface area (Å²) in [4.78, 5) is 86.3. The van der Waals surface area contributed by atoms with E-state index in [9.17, 15) is 69.6 Å². The van der Waals surface area contributed by atoms with Crippen molar-refractivity contribution in [2.24, 2.45) is 5.92 Å². The minimum atomic E-state index is -1.28. The first-order chi connectivity index (χ1) is 28.2. The minimum Gasteiger partial charge on any atom is -0.395 e. The maximum Gasteiger partial charge on any atom is 0.256 e. The Bertz CT molecular complexity index is 1860. The van der Waals surface area contributed by atoms with E-state index in [1.807, 2.05) is 113 Å². The molecule has 336 valence electrons. The van der Waals surface area contributed by atoms with Gasteiger partial charge in [-0.2, -0.15) is 0 Å². The van der Waals surface area contributed by atoms with Crippen LogP contribution in [0.1, 0.15) is 20.7 Å². The van der Waals surface area contributed by atoms with Crippen molar-refractivity contribution in [3.63, 3.8) is 0 Å². The number of amides is 6. The third-order valence-electron chi connectivity index (χ3n) is 8.65. The van der Waals surface area contributed by atoms with Crippen LogP contribution in [0.25, 0.3) is 0 Å². The average Bonchev–Trinajstić information content (AvgIpc) is 3.21. The first-order valence-corrected chi connectivity index (χ1v) is 24.2. The van der Waals surface area contributed by atoms with Gasteiger partial charge in [-0.1, -0.05) is 22.6 Å². The molecular formula is C34H44I6N6O14. The molecule has 0 aromatic heterocycles. The number of hydrogen-bond acceptors (Lipinski definition) is 14. The zero-order valence-corrected chi connectivity index (χ0v) is 44.8. The Kier molecular flexibility index (Phi) is 24.6. The zero-order valence-electron chi connectivity index (χ0n) is 31.9. The second-order valence-electron chi connectivity index (χ2n) is 12.9. The van der Waals surface area contributed by atoms with Gasteiger partial charge < -0.3 is 71.1 Å². The van der Waals surface area contributed by atoms with Crippen molar-refractivity contribution < 1.29 is 69.6 Å². The number of halogens is 6. The van der Waals surface area contributed by atoms with Crippen LogP contribution < -0.4 is 10.6 Å². The quantitative estimate of drug-likeness (QED) is 0.0512. The van der Waals surface area contributed by atoms with Crippen molar-refractivity contribution >= 4 is 177 Å². The lowest BCUT2D eigenvalue weighted by molar-refractivity contribution is -0.134. The van der Waals surface area contributed by atoms with Gasteiger partial charge in [0.1, 0.15) is 13.2 Å². The lowest BCUT2D eigenvalue weighted by Crippen LogP contribution is -2.48. The van der Waals surface area contributed by atoms with E-state index in [2.05, 4.69) is 10.6 Å². The van der Waals surface area contributed by atoms with Crippen molar-refractivity contribution in [1.82, 2.24) is 24.9 Å². The van der Waals surface area contributed by atoms with Crippen molar-refractivity contribution in [2.45, 2.75) is 16.1 Å². The van der Waals surface area contributed by atoms with Gasteiger partial charge in [0.15, 0.2) is 0 Å². The van der Waals surface area contributed by atoms with Gasteiger partial charge in [-0.15, -0.1) is 0 Å². The van der Waals surface area contributed by atoms with Gasteiger partial charge in [0.25, 0.3) is 17.7 Å². The molecule has 4 unspecified atom stereocenters. The van der Waals surface area contributed by atoms with Gasteiger partial charge in [0.2, 0.25) is 17.7 Å². The summed E-state index contributed by atoms with van der Waals surface area (Å²) in [5.41, 5.74) is 0.0282. The standard InChI is InChI=1S/C34H44I6N6O14/c1-43(9-15(53)11-49)31(57)19-23(35)21(27(39)29(25(19)37)41-17(55)13-51)33(59)45(5-7-47)3-4-46(6-8-48)34(60)22-24(36)20(32(58)44(2)10-16(54)12-50)26(38)30(28(22)40)42-18(56)14-52/h15-16,19,25,47-54H,3-14H2,1-2H3,(H,41,55)(H,42,56). The molecule has 2 rings (SSSR count). The fraction of sp³-hybridized carbons (Fsp3) is 0.529. The topological polar surface area (TPSA) is 301 Å². The van der Waals surface area contributed by atoms with Crippen LogP contribution in [0.5, 0.6) is 0 Å². The molecule has 0 saturated heterocycles. The van der Waals surface area contributed by atoms with Crippen LogP contribution in [0, 0.1) is 16.6 Å². The highest BCUT2D eigenvalue weighted by atomic mass is 127. The van der Waals surface area contributed by atoms with Crippen molar-refractivity contribution in [1.29, 1.82) is 0 Å². The molecule has 1 aliphatic rings. The van der Waals surface area contributed by atoms with Gasteiger partial charge in [-0.05, 0) is 113 Å². The molecule has 0 bridgehead atoms. The fourth-order valence-corrected chi connectivity index (χ4v) is 15.1. The highest BCUT2D eigenvalue weighted by Crippen LogP contribution is 2.45. The summed E-state index contributed by atoms with van der Waals surface area (Å²) in [6, 6.07) is 0. The molecule has 6 amide bonds. The predicted molar refractivity (Wildman–Crippen MR) is 266 cm³/mol. The van der Waals surface area contributed by atoms with Gasteiger partial charge in [-0.3, -0.25) is 28.8 Å². The molecule has 10 N–H and O–H groups in total. The Morgan fingerprint density at radius 2 is 1.08 bits per heavy atom. The molecule has 20 nitrogen and oxygen atoms in total. The summed E-state index contributed by atoms with van der Waals surface area (Å²) in [5.74, 6) is -5.44. The Balaban J connectivity index is 2.73.